The molecule has 2 rings (SSSR count). The minimum atomic E-state index is -0.596. The van der Waals surface area contributed by atoms with Gasteiger partial charge in [0.15, 0.2) is 11.5 Å². The quantitative estimate of drug-likeness (QED) is 0.848. The van der Waals surface area contributed by atoms with Crippen molar-refractivity contribution in [2.75, 3.05) is 0 Å². The fraction of sp³-hybridized carbons (Fsp3) is 0.231. The molecular weight excluding hydrogens is 275 g/mol. The van der Waals surface area contributed by atoms with Crippen LogP contribution in [0.2, 0.25) is 0 Å². The number of aliphatic hydroxyl groups excluding tert-OH is 1. The fourth-order valence-electron chi connectivity index (χ4n) is 2.11. The lowest BCUT2D eigenvalue weighted by Gasteiger charge is -2.27. The number of ketones is 2. The molecule has 2 aliphatic rings. The van der Waals surface area contributed by atoms with Crippen LogP contribution in [0.15, 0.2) is 46.2 Å². The van der Waals surface area contributed by atoms with Gasteiger partial charge in [-0.2, -0.15) is 0 Å². The second kappa shape index (κ2) is 5.12. The molecule has 3 nitrogen and oxygen atoms in total. The van der Waals surface area contributed by atoms with Gasteiger partial charge in [-0.1, -0.05) is 47.5 Å². The van der Waals surface area contributed by atoms with Gasteiger partial charge in [-0.25, -0.2) is 0 Å². The van der Waals surface area contributed by atoms with Crippen LogP contribution >= 0.6 is 23.2 Å². The summed E-state index contributed by atoms with van der Waals surface area (Å²) < 4.78 is -0.00301. The molecule has 0 spiro atoms. The summed E-state index contributed by atoms with van der Waals surface area (Å²) in [5, 5.41) is 9.80. The van der Waals surface area contributed by atoms with Crippen molar-refractivity contribution in [1.82, 2.24) is 0 Å². The highest BCUT2D eigenvalue weighted by atomic mass is 35.5. The number of fused-ring (bicyclic) bond motifs is 1. The van der Waals surface area contributed by atoms with E-state index >= 15 is 0 Å². The van der Waals surface area contributed by atoms with E-state index in [4.69, 9.17) is 23.2 Å². The first-order valence-corrected chi connectivity index (χ1v) is 6.14. The van der Waals surface area contributed by atoms with Crippen LogP contribution in [0.5, 0.6) is 0 Å². The van der Waals surface area contributed by atoms with E-state index in [9.17, 15) is 14.7 Å². The zero-order valence-electron chi connectivity index (χ0n) is 9.27. The minimum absolute atomic E-state index is 0.00301. The number of hydrogen-bond donors (Lipinski definition) is 1. The van der Waals surface area contributed by atoms with Crippen LogP contribution < -0.4 is 0 Å². The topological polar surface area (TPSA) is 54.4 Å². The van der Waals surface area contributed by atoms with Gasteiger partial charge in [-0.05, 0) is 6.08 Å². The maximum absolute atomic E-state index is 12.2. The largest absolute Gasteiger partial charge is 0.504 e. The van der Waals surface area contributed by atoms with Crippen molar-refractivity contribution in [1.29, 1.82) is 0 Å². The molecule has 0 bridgehead atoms. The molecule has 0 saturated carbocycles. The zero-order chi connectivity index (χ0) is 13.3. The van der Waals surface area contributed by atoms with Gasteiger partial charge >= 0.3 is 0 Å². The highest BCUT2D eigenvalue weighted by Crippen LogP contribution is 2.33. The second-order valence-corrected chi connectivity index (χ2v) is 5.08. The third-order valence-electron chi connectivity index (χ3n) is 3.02. The first kappa shape index (κ1) is 13.1. The molecule has 1 N–H and O–H groups in total. The number of rotatable bonds is 2. The van der Waals surface area contributed by atoms with Gasteiger partial charge in [-0.3, -0.25) is 9.59 Å². The van der Waals surface area contributed by atoms with E-state index in [1.54, 1.807) is 24.3 Å². The first-order chi connectivity index (χ1) is 8.52. The molecule has 0 saturated heterocycles. The fourth-order valence-corrected chi connectivity index (χ4v) is 2.26. The van der Waals surface area contributed by atoms with Crippen molar-refractivity contribution >= 4 is 34.8 Å². The van der Waals surface area contributed by atoms with Gasteiger partial charge < -0.3 is 5.11 Å². The summed E-state index contributed by atoms with van der Waals surface area (Å²) >= 11 is 10.9. The monoisotopic (exact) mass is 284 g/mol. The average molecular weight is 285 g/mol. The van der Waals surface area contributed by atoms with Crippen molar-refractivity contribution in [3.05, 3.63) is 46.2 Å². The van der Waals surface area contributed by atoms with Crippen molar-refractivity contribution in [3.8, 4) is 0 Å². The van der Waals surface area contributed by atoms with Crippen LogP contribution in [0.4, 0.5) is 0 Å². The van der Waals surface area contributed by atoms with Gasteiger partial charge in [0.1, 0.15) is 4.49 Å². The molecule has 0 aromatic rings. The Balaban J connectivity index is 2.39. The van der Waals surface area contributed by atoms with Crippen LogP contribution in [0, 0.1) is 11.8 Å². The lowest BCUT2D eigenvalue weighted by atomic mass is 9.74. The standard InChI is InChI=1S/C13H10Cl2O3/c14-10(15)6-5-9-11(16)7-3-1-2-4-8(7)12(17)13(9)18/h1-4,6-8,18H,5H2. The van der Waals surface area contributed by atoms with Crippen LogP contribution in [0.1, 0.15) is 6.42 Å². The maximum atomic E-state index is 12.2. The number of carbonyl (C=O) groups is 2. The van der Waals surface area contributed by atoms with Crippen LogP contribution in [-0.2, 0) is 9.59 Å². The SMILES string of the molecule is O=C1C(O)=C(CC=C(Cl)Cl)C(=O)C2C=CC=CC12. The highest BCUT2D eigenvalue weighted by molar-refractivity contribution is 6.55. The van der Waals surface area contributed by atoms with E-state index in [1.165, 1.54) is 6.08 Å². The van der Waals surface area contributed by atoms with E-state index in [0.29, 0.717) is 0 Å². The van der Waals surface area contributed by atoms with Gasteiger partial charge in [-0.15, -0.1) is 0 Å². The lowest BCUT2D eigenvalue weighted by molar-refractivity contribution is -0.129. The van der Waals surface area contributed by atoms with Crippen molar-refractivity contribution < 1.29 is 14.7 Å². The Morgan fingerprint density at radius 3 is 2.28 bits per heavy atom. The average Bonchev–Trinajstić information content (AvgIpc) is 2.36. The molecule has 0 aromatic carbocycles. The number of aliphatic hydroxyl groups is 1. The number of allylic oxidation sites excluding steroid dienone is 7. The molecule has 2 atom stereocenters. The van der Waals surface area contributed by atoms with E-state index in [2.05, 4.69) is 0 Å². The molecule has 2 unspecified atom stereocenters. The molecule has 0 aliphatic heterocycles. The van der Waals surface area contributed by atoms with E-state index in [-0.39, 0.29) is 22.3 Å². The Kier molecular flexibility index (Phi) is 3.73. The van der Waals surface area contributed by atoms with Crippen molar-refractivity contribution in [2.45, 2.75) is 6.42 Å². The summed E-state index contributed by atoms with van der Waals surface area (Å²) in [7, 11) is 0. The van der Waals surface area contributed by atoms with E-state index in [0.717, 1.165) is 0 Å². The minimum Gasteiger partial charge on any atom is -0.504 e. The zero-order valence-corrected chi connectivity index (χ0v) is 10.8. The maximum Gasteiger partial charge on any atom is 0.205 e. The molecule has 0 aromatic heterocycles. The van der Waals surface area contributed by atoms with Gasteiger partial charge in [0, 0.05) is 12.0 Å². The normalized spacial score (nSPS) is 26.3. The molecule has 0 radical (unpaired) electrons. The highest BCUT2D eigenvalue weighted by Gasteiger charge is 2.40. The molecule has 2 aliphatic carbocycles. The van der Waals surface area contributed by atoms with E-state index < -0.39 is 23.4 Å². The van der Waals surface area contributed by atoms with E-state index in [1.807, 2.05) is 0 Å². The third kappa shape index (κ3) is 2.28. The number of Topliss-reactive ketones (excluding diaryl/α,β-unsaturated/α-hetero) is 2. The molecule has 5 heteroatoms. The van der Waals surface area contributed by atoms with Crippen LogP contribution in [0.25, 0.3) is 0 Å². The summed E-state index contributed by atoms with van der Waals surface area (Å²) in [6, 6.07) is 0. The Labute approximate surface area is 114 Å². The molecule has 0 fully saturated rings. The molecule has 0 heterocycles. The summed E-state index contributed by atoms with van der Waals surface area (Å²) in [6.07, 6.45) is 8.14. The Bertz CT molecular complexity index is 522. The predicted octanol–water partition coefficient (Wildman–Crippen LogP) is 3.02. The molecule has 18 heavy (non-hydrogen) atoms. The predicted molar refractivity (Wildman–Crippen MR) is 69.3 cm³/mol. The first-order valence-electron chi connectivity index (χ1n) is 5.39. The Morgan fingerprint density at radius 2 is 1.72 bits per heavy atom. The van der Waals surface area contributed by atoms with Crippen molar-refractivity contribution in [2.24, 2.45) is 11.8 Å². The van der Waals surface area contributed by atoms with Gasteiger partial charge in [0.05, 0.1) is 11.8 Å². The Hall–Kier alpha value is -1.32. The van der Waals surface area contributed by atoms with Gasteiger partial charge in [0.2, 0.25) is 5.78 Å². The summed E-state index contributed by atoms with van der Waals surface area (Å²) in [4.78, 5) is 24.1. The molecule has 0 amide bonds. The number of hydrogen-bond acceptors (Lipinski definition) is 3. The third-order valence-corrected chi connectivity index (χ3v) is 3.33. The summed E-state index contributed by atoms with van der Waals surface area (Å²) in [5.41, 5.74) is 0.0694. The van der Waals surface area contributed by atoms with Crippen LogP contribution in [0.3, 0.4) is 0 Å². The van der Waals surface area contributed by atoms with Crippen molar-refractivity contribution in [3.63, 3.8) is 0 Å². The van der Waals surface area contributed by atoms with Gasteiger partial charge in [0.25, 0.3) is 0 Å². The smallest absolute Gasteiger partial charge is 0.205 e. The summed E-state index contributed by atoms with van der Waals surface area (Å²) in [6.45, 7) is 0. The number of carbonyl (C=O) groups excluding carboxylic acids is 2. The molecular formula is C13H10Cl2O3. The summed E-state index contributed by atoms with van der Waals surface area (Å²) in [5.74, 6) is -2.30. The number of halogens is 2. The lowest BCUT2D eigenvalue weighted by Crippen LogP contribution is -2.36. The van der Waals surface area contributed by atoms with Crippen LogP contribution in [-0.4, -0.2) is 16.7 Å². The molecule has 94 valence electrons. The second-order valence-electron chi connectivity index (χ2n) is 4.07. The Morgan fingerprint density at radius 1 is 1.17 bits per heavy atom.